The van der Waals surface area contributed by atoms with Gasteiger partial charge in [-0.3, -0.25) is 9.48 Å². The number of aryl methyl sites for hydroxylation is 3. The second-order valence-electron chi connectivity index (χ2n) is 5.08. The smallest absolute Gasteiger partial charge is 0.186 e. The highest BCUT2D eigenvalue weighted by atomic mass is 79.9. The molecule has 0 saturated carbocycles. The van der Waals surface area contributed by atoms with Gasteiger partial charge in [-0.25, -0.2) is 0 Å². The summed E-state index contributed by atoms with van der Waals surface area (Å²) in [6, 6.07) is 6.17. The number of halogens is 1. The van der Waals surface area contributed by atoms with Crippen LogP contribution in [0.4, 0.5) is 0 Å². The van der Waals surface area contributed by atoms with Crippen molar-refractivity contribution < 1.29 is 4.79 Å². The number of hydrogen-bond donors (Lipinski definition) is 0. The van der Waals surface area contributed by atoms with Gasteiger partial charge in [-0.2, -0.15) is 5.10 Å². The number of Topliss-reactive ketones (excluding diaryl/α,β-unsaturated/α-hetero) is 1. The van der Waals surface area contributed by atoms with E-state index in [0.29, 0.717) is 12.1 Å². The van der Waals surface area contributed by atoms with Crippen molar-refractivity contribution in [2.24, 2.45) is 0 Å². The molecule has 1 aromatic carbocycles. The highest BCUT2D eigenvalue weighted by Crippen LogP contribution is 2.19. The summed E-state index contributed by atoms with van der Waals surface area (Å²) in [5.41, 5.74) is 4.19. The van der Waals surface area contributed by atoms with Crippen LogP contribution in [0.25, 0.3) is 0 Å². The Kier molecular flexibility index (Phi) is 4.76. The molecule has 0 amide bonds. The molecule has 0 atom stereocenters. The van der Waals surface area contributed by atoms with Gasteiger partial charge in [0.05, 0.1) is 10.7 Å². The molecule has 4 heteroatoms. The van der Waals surface area contributed by atoms with Crippen molar-refractivity contribution in [1.29, 1.82) is 0 Å². The molecule has 0 aliphatic carbocycles. The Bertz CT molecular complexity index is 631. The lowest BCUT2D eigenvalue weighted by Gasteiger charge is -2.08. The number of carbonyl (C=O) groups is 1. The molecule has 20 heavy (non-hydrogen) atoms. The predicted molar refractivity (Wildman–Crippen MR) is 84.2 cm³/mol. The third-order valence-corrected chi connectivity index (χ3v) is 4.01. The summed E-state index contributed by atoms with van der Waals surface area (Å²) in [4.78, 5) is 12.5. The van der Waals surface area contributed by atoms with Gasteiger partial charge in [-0.15, -0.1) is 0 Å². The van der Waals surface area contributed by atoms with Crippen LogP contribution in [-0.2, 0) is 13.0 Å². The van der Waals surface area contributed by atoms with E-state index in [1.807, 2.05) is 6.07 Å². The van der Waals surface area contributed by atoms with E-state index in [9.17, 15) is 4.79 Å². The van der Waals surface area contributed by atoms with Gasteiger partial charge in [0.2, 0.25) is 0 Å². The van der Waals surface area contributed by atoms with Crippen LogP contribution in [-0.4, -0.2) is 15.6 Å². The molecule has 0 aliphatic heterocycles. The minimum atomic E-state index is 0.103. The molecule has 0 N–H and O–H groups in total. The van der Waals surface area contributed by atoms with Crippen LogP contribution in [0.1, 0.15) is 40.5 Å². The van der Waals surface area contributed by atoms with Crippen molar-refractivity contribution in [3.8, 4) is 0 Å². The molecule has 0 spiro atoms. The molecule has 106 valence electrons. The zero-order chi connectivity index (χ0) is 14.7. The van der Waals surface area contributed by atoms with Gasteiger partial charge in [0.1, 0.15) is 5.69 Å². The van der Waals surface area contributed by atoms with Crippen molar-refractivity contribution in [2.45, 2.75) is 40.2 Å². The van der Waals surface area contributed by atoms with Gasteiger partial charge < -0.3 is 0 Å². The van der Waals surface area contributed by atoms with Gasteiger partial charge in [0.25, 0.3) is 0 Å². The van der Waals surface area contributed by atoms with Crippen LogP contribution in [0.3, 0.4) is 0 Å². The Labute approximate surface area is 128 Å². The molecule has 0 fully saturated rings. The molecule has 2 rings (SSSR count). The second-order valence-corrected chi connectivity index (χ2v) is 5.94. The lowest BCUT2D eigenvalue weighted by Crippen LogP contribution is -2.13. The van der Waals surface area contributed by atoms with Crippen LogP contribution in [0, 0.1) is 13.8 Å². The van der Waals surface area contributed by atoms with Gasteiger partial charge in [0.15, 0.2) is 5.78 Å². The number of benzene rings is 1. The molecule has 2 aromatic rings. The molecular formula is C16H19BrN2O. The van der Waals surface area contributed by atoms with Crippen LogP contribution in [0.5, 0.6) is 0 Å². The normalized spacial score (nSPS) is 10.8. The monoisotopic (exact) mass is 334 g/mol. The highest BCUT2D eigenvalue weighted by molar-refractivity contribution is 9.10. The van der Waals surface area contributed by atoms with Crippen molar-refractivity contribution in [3.63, 3.8) is 0 Å². The first-order valence-electron chi connectivity index (χ1n) is 6.83. The zero-order valence-corrected chi connectivity index (χ0v) is 13.7. The zero-order valence-electron chi connectivity index (χ0n) is 12.1. The van der Waals surface area contributed by atoms with Crippen LogP contribution in [0.15, 0.2) is 28.9 Å². The van der Waals surface area contributed by atoms with Crippen LogP contribution >= 0.6 is 15.9 Å². The Morgan fingerprint density at radius 1 is 1.30 bits per heavy atom. The fourth-order valence-electron chi connectivity index (χ4n) is 2.20. The summed E-state index contributed by atoms with van der Waals surface area (Å²) in [5, 5.41) is 4.25. The fraction of sp³-hybridized carbons (Fsp3) is 0.375. The van der Waals surface area contributed by atoms with Crippen LogP contribution in [0.2, 0.25) is 0 Å². The fourth-order valence-corrected chi connectivity index (χ4v) is 2.72. The van der Waals surface area contributed by atoms with E-state index < -0.39 is 0 Å². The molecule has 3 nitrogen and oxygen atoms in total. The van der Waals surface area contributed by atoms with E-state index in [1.165, 1.54) is 11.1 Å². The van der Waals surface area contributed by atoms with Crippen molar-refractivity contribution >= 4 is 21.7 Å². The molecule has 0 bridgehead atoms. The third-order valence-electron chi connectivity index (χ3n) is 3.43. The standard InChI is InChI=1S/C16H19BrN2O/c1-4-7-19-16(14(17)10-18-19)15(20)9-13-6-5-11(2)12(3)8-13/h5-6,8,10H,4,7,9H2,1-3H3. The maximum atomic E-state index is 12.5. The summed E-state index contributed by atoms with van der Waals surface area (Å²) in [7, 11) is 0. The lowest BCUT2D eigenvalue weighted by atomic mass is 10.0. The quantitative estimate of drug-likeness (QED) is 0.771. The van der Waals surface area contributed by atoms with Crippen molar-refractivity contribution in [2.75, 3.05) is 0 Å². The van der Waals surface area contributed by atoms with E-state index in [1.54, 1.807) is 10.9 Å². The van der Waals surface area contributed by atoms with E-state index in [-0.39, 0.29) is 5.78 Å². The topological polar surface area (TPSA) is 34.9 Å². The Balaban J connectivity index is 2.23. The van der Waals surface area contributed by atoms with Crippen LogP contribution < -0.4 is 0 Å². The van der Waals surface area contributed by atoms with Gasteiger partial charge in [-0.1, -0.05) is 25.1 Å². The molecule has 1 aromatic heterocycles. The summed E-state index contributed by atoms with van der Waals surface area (Å²) in [6.07, 6.45) is 3.07. The minimum Gasteiger partial charge on any atom is -0.292 e. The van der Waals surface area contributed by atoms with E-state index in [0.717, 1.165) is 23.0 Å². The Morgan fingerprint density at radius 3 is 2.70 bits per heavy atom. The maximum absolute atomic E-state index is 12.5. The summed E-state index contributed by atoms with van der Waals surface area (Å²) in [5.74, 6) is 0.103. The largest absolute Gasteiger partial charge is 0.292 e. The van der Waals surface area contributed by atoms with E-state index >= 15 is 0 Å². The minimum absolute atomic E-state index is 0.103. The average Bonchev–Trinajstić information content (AvgIpc) is 2.76. The van der Waals surface area contributed by atoms with Gasteiger partial charge in [0, 0.05) is 13.0 Å². The number of aromatic nitrogens is 2. The molecular weight excluding hydrogens is 316 g/mol. The second kappa shape index (κ2) is 6.35. The first-order valence-corrected chi connectivity index (χ1v) is 7.63. The Morgan fingerprint density at radius 2 is 2.05 bits per heavy atom. The van der Waals surface area contributed by atoms with Gasteiger partial charge >= 0.3 is 0 Å². The summed E-state index contributed by atoms with van der Waals surface area (Å²) in [6.45, 7) is 6.99. The first kappa shape index (κ1) is 15.0. The molecule has 0 aliphatic rings. The third kappa shape index (κ3) is 3.18. The Hall–Kier alpha value is -1.42. The molecule has 0 saturated heterocycles. The van der Waals surface area contributed by atoms with Gasteiger partial charge in [-0.05, 0) is 52.9 Å². The maximum Gasteiger partial charge on any atom is 0.186 e. The average molecular weight is 335 g/mol. The molecule has 0 unspecified atom stereocenters. The summed E-state index contributed by atoms with van der Waals surface area (Å²) < 4.78 is 2.56. The first-order chi connectivity index (χ1) is 9.52. The number of carbonyl (C=O) groups excluding carboxylic acids is 1. The SMILES string of the molecule is CCCn1ncc(Br)c1C(=O)Cc1ccc(C)c(C)c1. The van der Waals surface area contributed by atoms with E-state index in [4.69, 9.17) is 0 Å². The van der Waals surface area contributed by atoms with Crippen molar-refractivity contribution in [1.82, 2.24) is 9.78 Å². The number of rotatable bonds is 5. The lowest BCUT2D eigenvalue weighted by molar-refractivity contribution is 0.0981. The highest BCUT2D eigenvalue weighted by Gasteiger charge is 2.17. The van der Waals surface area contributed by atoms with Crippen molar-refractivity contribution in [3.05, 3.63) is 51.3 Å². The summed E-state index contributed by atoms with van der Waals surface area (Å²) >= 11 is 3.42. The predicted octanol–water partition coefficient (Wildman–Crippen LogP) is 4.10. The van der Waals surface area contributed by atoms with E-state index in [2.05, 4.69) is 53.9 Å². The number of ketones is 1. The number of nitrogens with zero attached hydrogens (tertiary/aromatic N) is 2. The number of hydrogen-bond acceptors (Lipinski definition) is 2. The molecule has 0 radical (unpaired) electrons. The molecule has 1 heterocycles.